The fourth-order valence-corrected chi connectivity index (χ4v) is 1.77. The maximum Gasteiger partial charge on any atom is 0.340 e. The van der Waals surface area contributed by atoms with Crippen LogP contribution in [0.15, 0.2) is 36.4 Å². The number of nitrogens with zero attached hydrogens (tertiary/aromatic N) is 1. The normalized spacial score (nSPS) is 9.90. The van der Waals surface area contributed by atoms with Gasteiger partial charge in [0.05, 0.1) is 25.5 Å². The number of benzene rings is 1. The Morgan fingerprint density at radius 3 is 2.35 bits per heavy atom. The number of methoxy groups -OCH3 is 2. The van der Waals surface area contributed by atoms with E-state index in [0.29, 0.717) is 12.0 Å². The molecule has 5 nitrogen and oxygen atoms in total. The number of aromatic nitrogens is 1. The fraction of sp³-hybridized carbons (Fsp3) is 0.133. The highest BCUT2D eigenvalue weighted by molar-refractivity contribution is 5.97. The molecule has 0 radical (unpaired) electrons. The first-order valence-electron chi connectivity index (χ1n) is 5.88. The zero-order chi connectivity index (χ0) is 14.5. The van der Waals surface area contributed by atoms with Gasteiger partial charge in [-0.25, -0.2) is 9.78 Å². The van der Waals surface area contributed by atoms with Crippen LogP contribution in [0.5, 0.6) is 5.75 Å². The fourth-order valence-electron chi connectivity index (χ4n) is 1.77. The first-order valence-corrected chi connectivity index (χ1v) is 5.88. The lowest BCUT2D eigenvalue weighted by atomic mass is 10.1. The number of carbonyl (C=O) groups is 2. The zero-order valence-corrected chi connectivity index (χ0v) is 11.1. The number of hydrogen-bond acceptors (Lipinski definition) is 5. The molecule has 0 N–H and O–H groups in total. The van der Waals surface area contributed by atoms with Crippen molar-refractivity contribution in [3.05, 3.63) is 47.7 Å². The number of hydrogen-bond donors (Lipinski definition) is 0. The van der Waals surface area contributed by atoms with Gasteiger partial charge in [-0.15, -0.1) is 0 Å². The smallest absolute Gasteiger partial charge is 0.340 e. The molecule has 0 aliphatic carbocycles. The number of esters is 1. The molecule has 0 spiro atoms. The van der Waals surface area contributed by atoms with E-state index in [0.717, 1.165) is 11.3 Å². The van der Waals surface area contributed by atoms with Crippen molar-refractivity contribution in [2.75, 3.05) is 14.2 Å². The highest BCUT2D eigenvalue weighted by atomic mass is 16.5. The summed E-state index contributed by atoms with van der Waals surface area (Å²) in [6.07, 6.45) is 0.541. The van der Waals surface area contributed by atoms with Gasteiger partial charge in [-0.1, -0.05) is 0 Å². The molecule has 1 aromatic carbocycles. The van der Waals surface area contributed by atoms with Crippen molar-refractivity contribution in [2.45, 2.75) is 0 Å². The van der Waals surface area contributed by atoms with Crippen molar-refractivity contribution in [3.8, 4) is 17.0 Å². The molecule has 0 saturated heterocycles. The minimum atomic E-state index is -0.583. The number of carbonyl (C=O) groups excluding carboxylic acids is 2. The van der Waals surface area contributed by atoms with Crippen molar-refractivity contribution in [2.24, 2.45) is 0 Å². The second-order valence-electron chi connectivity index (χ2n) is 3.97. The van der Waals surface area contributed by atoms with Gasteiger partial charge in [0.25, 0.3) is 0 Å². The monoisotopic (exact) mass is 271 g/mol. The summed E-state index contributed by atoms with van der Waals surface area (Å²) in [5.74, 6) is 0.149. The summed E-state index contributed by atoms with van der Waals surface area (Å²) in [6, 6.07) is 10.4. The van der Waals surface area contributed by atoms with Crippen molar-refractivity contribution in [1.29, 1.82) is 0 Å². The Morgan fingerprint density at radius 2 is 1.80 bits per heavy atom. The van der Waals surface area contributed by atoms with Crippen molar-refractivity contribution >= 4 is 12.3 Å². The van der Waals surface area contributed by atoms with Gasteiger partial charge in [0.2, 0.25) is 0 Å². The van der Waals surface area contributed by atoms with Crippen LogP contribution in [0, 0.1) is 0 Å². The van der Waals surface area contributed by atoms with E-state index < -0.39 is 5.97 Å². The van der Waals surface area contributed by atoms with Crippen LogP contribution in [0.1, 0.15) is 20.8 Å². The van der Waals surface area contributed by atoms with Crippen LogP contribution in [0.4, 0.5) is 0 Å². The molecule has 0 atom stereocenters. The summed E-state index contributed by atoms with van der Waals surface area (Å²) in [6.45, 7) is 0. The van der Waals surface area contributed by atoms with E-state index in [1.54, 1.807) is 25.3 Å². The Balaban J connectivity index is 2.42. The summed E-state index contributed by atoms with van der Waals surface area (Å²) in [7, 11) is 2.84. The van der Waals surface area contributed by atoms with Crippen LogP contribution in [0.2, 0.25) is 0 Å². The van der Waals surface area contributed by atoms with E-state index >= 15 is 0 Å². The quantitative estimate of drug-likeness (QED) is 0.631. The number of pyridine rings is 1. The van der Waals surface area contributed by atoms with Crippen molar-refractivity contribution in [1.82, 2.24) is 4.98 Å². The average molecular weight is 271 g/mol. The highest BCUT2D eigenvalue weighted by Crippen LogP contribution is 2.22. The maximum absolute atomic E-state index is 11.5. The molecule has 102 valence electrons. The summed E-state index contributed by atoms with van der Waals surface area (Å²) in [5, 5.41) is 0. The first kappa shape index (κ1) is 13.7. The third-order valence-electron chi connectivity index (χ3n) is 2.83. The molecule has 2 rings (SSSR count). The first-order chi connectivity index (χ1) is 9.69. The Bertz CT molecular complexity index is 635. The summed E-state index contributed by atoms with van der Waals surface area (Å²) >= 11 is 0. The molecule has 5 heteroatoms. The minimum absolute atomic E-state index is 0.0603. The SMILES string of the molecule is COC(=O)c1ccc(-c2ccc(OC)cc2)nc1C=O. The molecule has 0 fully saturated rings. The lowest BCUT2D eigenvalue weighted by molar-refractivity contribution is 0.0597. The molecule has 0 bridgehead atoms. The highest BCUT2D eigenvalue weighted by Gasteiger charge is 2.14. The summed E-state index contributed by atoms with van der Waals surface area (Å²) in [5.41, 5.74) is 1.64. The summed E-state index contributed by atoms with van der Waals surface area (Å²) < 4.78 is 9.68. The Labute approximate surface area is 116 Å². The van der Waals surface area contributed by atoms with Gasteiger partial charge in [-0.05, 0) is 36.4 Å². The van der Waals surface area contributed by atoms with E-state index in [-0.39, 0.29) is 11.3 Å². The lowest BCUT2D eigenvalue weighted by Crippen LogP contribution is -2.07. The van der Waals surface area contributed by atoms with E-state index in [4.69, 9.17) is 4.74 Å². The Hall–Kier alpha value is -2.69. The molecular formula is C15H13NO4. The molecule has 20 heavy (non-hydrogen) atoms. The van der Waals surface area contributed by atoms with Crippen LogP contribution in [0.3, 0.4) is 0 Å². The largest absolute Gasteiger partial charge is 0.497 e. The van der Waals surface area contributed by atoms with E-state index in [1.807, 2.05) is 12.1 Å². The zero-order valence-electron chi connectivity index (χ0n) is 11.1. The van der Waals surface area contributed by atoms with Gasteiger partial charge in [-0.3, -0.25) is 4.79 Å². The van der Waals surface area contributed by atoms with Gasteiger partial charge in [0.1, 0.15) is 11.4 Å². The van der Waals surface area contributed by atoms with Crippen LogP contribution in [0.25, 0.3) is 11.3 Å². The van der Waals surface area contributed by atoms with Gasteiger partial charge >= 0.3 is 5.97 Å². The molecule has 0 saturated carbocycles. The Morgan fingerprint density at radius 1 is 1.10 bits per heavy atom. The second-order valence-corrected chi connectivity index (χ2v) is 3.97. The molecule has 2 aromatic rings. The summed E-state index contributed by atoms with van der Waals surface area (Å²) in [4.78, 5) is 26.7. The van der Waals surface area contributed by atoms with Gasteiger partial charge in [0, 0.05) is 5.56 Å². The predicted molar refractivity (Wildman–Crippen MR) is 73.0 cm³/mol. The van der Waals surface area contributed by atoms with E-state index in [2.05, 4.69) is 9.72 Å². The molecule has 0 aliphatic heterocycles. The molecular weight excluding hydrogens is 258 g/mol. The Kier molecular flexibility index (Phi) is 4.10. The minimum Gasteiger partial charge on any atom is -0.497 e. The number of ether oxygens (including phenoxy) is 2. The topological polar surface area (TPSA) is 65.5 Å². The van der Waals surface area contributed by atoms with E-state index in [9.17, 15) is 9.59 Å². The van der Waals surface area contributed by atoms with Gasteiger partial charge in [-0.2, -0.15) is 0 Å². The van der Waals surface area contributed by atoms with Crippen LogP contribution in [-0.2, 0) is 4.74 Å². The number of rotatable bonds is 4. The predicted octanol–water partition coefficient (Wildman–Crippen LogP) is 2.36. The van der Waals surface area contributed by atoms with Crippen molar-refractivity contribution < 1.29 is 19.1 Å². The average Bonchev–Trinajstić information content (AvgIpc) is 2.53. The molecule has 1 heterocycles. The molecule has 0 aliphatic rings. The standard InChI is InChI=1S/C15H13NO4/c1-19-11-5-3-10(4-6-11)13-8-7-12(15(18)20-2)14(9-17)16-13/h3-9H,1-2H3. The number of aldehydes is 1. The third-order valence-corrected chi connectivity index (χ3v) is 2.83. The van der Waals surface area contributed by atoms with Crippen molar-refractivity contribution in [3.63, 3.8) is 0 Å². The van der Waals surface area contributed by atoms with Crippen LogP contribution < -0.4 is 4.74 Å². The molecule has 0 unspecified atom stereocenters. The van der Waals surface area contributed by atoms with Crippen LogP contribution in [-0.4, -0.2) is 31.5 Å². The lowest BCUT2D eigenvalue weighted by Gasteiger charge is -2.06. The van der Waals surface area contributed by atoms with E-state index in [1.165, 1.54) is 13.2 Å². The molecule has 0 amide bonds. The van der Waals surface area contributed by atoms with Crippen LogP contribution >= 0.6 is 0 Å². The third kappa shape index (κ3) is 2.66. The second kappa shape index (κ2) is 5.97. The van der Waals surface area contributed by atoms with Gasteiger partial charge < -0.3 is 9.47 Å². The molecule has 1 aromatic heterocycles. The maximum atomic E-state index is 11.5. The van der Waals surface area contributed by atoms with Gasteiger partial charge in [0.15, 0.2) is 6.29 Å².